The summed E-state index contributed by atoms with van der Waals surface area (Å²) in [6, 6.07) is 13.4. The van der Waals surface area contributed by atoms with Crippen LogP contribution in [0.15, 0.2) is 64.3 Å². The summed E-state index contributed by atoms with van der Waals surface area (Å²) in [4.78, 5) is 37.8. The smallest absolute Gasteiger partial charge is 0.331 e. The topological polar surface area (TPSA) is 86.2 Å². The van der Waals surface area contributed by atoms with Crippen LogP contribution in [0.25, 0.3) is 27.9 Å². The Morgan fingerprint density at radius 1 is 1.03 bits per heavy atom. The molecule has 2 aromatic carbocycles. The van der Waals surface area contributed by atoms with Crippen molar-refractivity contribution in [3.63, 3.8) is 0 Å². The van der Waals surface area contributed by atoms with Crippen LogP contribution in [0.4, 0.5) is 0 Å². The van der Waals surface area contributed by atoms with Crippen molar-refractivity contribution in [2.75, 3.05) is 0 Å². The molecular formula is C27H29N3O4. The molecule has 0 amide bonds. The third kappa shape index (κ3) is 4.59. The number of aryl methyl sites for hydroxylation is 1. The Balaban J connectivity index is 1.91. The molecule has 0 saturated heterocycles. The van der Waals surface area contributed by atoms with Gasteiger partial charge in [-0.1, -0.05) is 50.3 Å². The highest BCUT2D eigenvalue weighted by Crippen LogP contribution is 2.22. The first-order valence-corrected chi connectivity index (χ1v) is 11.4. The zero-order chi connectivity index (χ0) is 24.4. The maximum atomic E-state index is 13.5. The first-order chi connectivity index (χ1) is 16.3. The van der Waals surface area contributed by atoms with Gasteiger partial charge in [-0.25, -0.2) is 4.79 Å². The number of hydrogen-bond donors (Lipinski definition) is 1. The first kappa shape index (κ1) is 23.3. The van der Waals surface area contributed by atoms with E-state index in [0.717, 1.165) is 33.0 Å². The SMILES string of the molecule is CC(C)CC=Cc1ccc2c(=O)n(CCC(=O)O)c(=O)n(Cc3cn(C)c4ccccc34)c2c1. The van der Waals surface area contributed by atoms with E-state index in [2.05, 4.69) is 19.9 Å². The Bertz CT molecular complexity index is 1520. The number of aliphatic carboxylic acids is 1. The molecule has 0 saturated carbocycles. The number of carbonyl (C=O) groups is 1. The minimum Gasteiger partial charge on any atom is -0.481 e. The molecule has 0 radical (unpaired) electrons. The number of benzene rings is 2. The van der Waals surface area contributed by atoms with Crippen molar-refractivity contribution in [3.05, 3.63) is 86.7 Å². The summed E-state index contributed by atoms with van der Waals surface area (Å²) in [6.07, 6.45) is 6.71. The van der Waals surface area contributed by atoms with Gasteiger partial charge in [-0.2, -0.15) is 0 Å². The highest BCUT2D eigenvalue weighted by molar-refractivity contribution is 5.85. The summed E-state index contributed by atoms with van der Waals surface area (Å²) in [6.45, 7) is 4.38. The fourth-order valence-electron chi connectivity index (χ4n) is 4.29. The van der Waals surface area contributed by atoms with Crippen molar-refractivity contribution in [1.82, 2.24) is 13.7 Å². The van der Waals surface area contributed by atoms with Crippen LogP contribution < -0.4 is 11.2 Å². The number of hydrogen-bond acceptors (Lipinski definition) is 3. The fraction of sp³-hybridized carbons (Fsp3) is 0.296. The lowest BCUT2D eigenvalue weighted by molar-refractivity contribution is -0.137. The van der Waals surface area contributed by atoms with Crippen molar-refractivity contribution < 1.29 is 9.90 Å². The molecule has 0 bridgehead atoms. The van der Waals surface area contributed by atoms with E-state index in [1.807, 2.05) is 60.3 Å². The predicted molar refractivity (Wildman–Crippen MR) is 135 cm³/mol. The minimum absolute atomic E-state index is 0.172. The standard InChI is InChI=1S/C27H29N3O4/c1-18(2)7-6-8-19-11-12-22-24(15-19)30(27(34)29(26(22)33)14-13-25(31)32)17-20-16-28(3)23-10-5-4-9-21(20)23/h4-6,8-12,15-16,18H,7,13-14,17H2,1-3H3,(H,31,32). The van der Waals surface area contributed by atoms with E-state index < -0.39 is 17.2 Å². The largest absolute Gasteiger partial charge is 0.481 e. The first-order valence-electron chi connectivity index (χ1n) is 11.4. The second kappa shape index (κ2) is 9.55. The number of nitrogens with zero attached hydrogens (tertiary/aromatic N) is 3. The van der Waals surface area contributed by atoms with Crippen LogP contribution in [-0.4, -0.2) is 24.8 Å². The van der Waals surface area contributed by atoms with E-state index in [1.54, 1.807) is 10.6 Å². The lowest BCUT2D eigenvalue weighted by atomic mass is 10.1. The molecule has 2 heterocycles. The maximum absolute atomic E-state index is 13.5. The van der Waals surface area contributed by atoms with Gasteiger partial charge in [0.05, 0.1) is 23.9 Å². The molecule has 0 fully saturated rings. The van der Waals surface area contributed by atoms with Crippen molar-refractivity contribution >= 4 is 33.9 Å². The number of allylic oxidation sites excluding steroid dienone is 1. The molecule has 34 heavy (non-hydrogen) atoms. The molecule has 0 atom stereocenters. The third-order valence-corrected chi connectivity index (χ3v) is 6.02. The molecule has 176 valence electrons. The molecule has 7 heteroatoms. The second-order valence-corrected chi connectivity index (χ2v) is 9.06. The van der Waals surface area contributed by atoms with Gasteiger partial charge in [-0.15, -0.1) is 0 Å². The molecule has 0 aliphatic carbocycles. The van der Waals surface area contributed by atoms with Gasteiger partial charge >= 0.3 is 11.7 Å². The normalized spacial score (nSPS) is 11.9. The van der Waals surface area contributed by atoms with Crippen molar-refractivity contribution in [2.45, 2.75) is 39.8 Å². The van der Waals surface area contributed by atoms with Crippen molar-refractivity contribution in [3.8, 4) is 0 Å². The third-order valence-electron chi connectivity index (χ3n) is 6.02. The fourth-order valence-corrected chi connectivity index (χ4v) is 4.29. The zero-order valence-electron chi connectivity index (χ0n) is 19.7. The molecule has 4 aromatic rings. The van der Waals surface area contributed by atoms with E-state index in [1.165, 1.54) is 0 Å². The van der Waals surface area contributed by atoms with Crippen LogP contribution in [0.3, 0.4) is 0 Å². The lowest BCUT2D eigenvalue weighted by Gasteiger charge is -2.14. The monoisotopic (exact) mass is 459 g/mol. The summed E-state index contributed by atoms with van der Waals surface area (Å²) in [5.74, 6) is -0.527. The lowest BCUT2D eigenvalue weighted by Crippen LogP contribution is -2.40. The Kier molecular flexibility index (Phi) is 6.54. The van der Waals surface area contributed by atoms with E-state index >= 15 is 0 Å². The molecular weight excluding hydrogens is 430 g/mol. The number of rotatable bonds is 8. The Hall–Kier alpha value is -3.87. The number of para-hydroxylation sites is 1. The minimum atomic E-state index is -1.06. The molecule has 0 aliphatic rings. The van der Waals surface area contributed by atoms with Gasteiger partial charge in [0.1, 0.15) is 0 Å². The van der Waals surface area contributed by atoms with E-state index in [9.17, 15) is 14.4 Å². The van der Waals surface area contributed by atoms with Gasteiger partial charge in [0, 0.05) is 30.7 Å². The van der Waals surface area contributed by atoms with Gasteiger partial charge in [0.25, 0.3) is 5.56 Å². The summed E-state index contributed by atoms with van der Waals surface area (Å²) in [5.41, 5.74) is 2.48. The highest BCUT2D eigenvalue weighted by Gasteiger charge is 2.16. The summed E-state index contributed by atoms with van der Waals surface area (Å²) in [7, 11) is 1.96. The maximum Gasteiger partial charge on any atom is 0.331 e. The Labute approximate surface area is 197 Å². The predicted octanol–water partition coefficient (Wildman–Crippen LogP) is 4.24. The molecule has 1 N–H and O–H groups in total. The van der Waals surface area contributed by atoms with E-state index in [4.69, 9.17) is 5.11 Å². The number of carboxylic acids is 1. The number of aromatic nitrogens is 3. The van der Waals surface area contributed by atoms with Gasteiger partial charge in [0.15, 0.2) is 0 Å². The van der Waals surface area contributed by atoms with E-state index in [0.29, 0.717) is 16.8 Å². The van der Waals surface area contributed by atoms with Crippen LogP contribution in [0.1, 0.15) is 37.8 Å². The summed E-state index contributed by atoms with van der Waals surface area (Å²) >= 11 is 0. The second-order valence-electron chi connectivity index (χ2n) is 9.06. The van der Waals surface area contributed by atoms with Crippen LogP contribution >= 0.6 is 0 Å². The van der Waals surface area contributed by atoms with Crippen molar-refractivity contribution in [2.24, 2.45) is 13.0 Å². The quantitative estimate of drug-likeness (QED) is 0.427. The van der Waals surface area contributed by atoms with Crippen LogP contribution in [0.2, 0.25) is 0 Å². The Morgan fingerprint density at radius 3 is 2.53 bits per heavy atom. The van der Waals surface area contributed by atoms with Gasteiger partial charge in [0.2, 0.25) is 0 Å². The zero-order valence-corrected chi connectivity index (χ0v) is 19.7. The molecule has 0 unspecified atom stereocenters. The molecule has 7 nitrogen and oxygen atoms in total. The molecule has 4 rings (SSSR count). The van der Waals surface area contributed by atoms with Crippen molar-refractivity contribution in [1.29, 1.82) is 0 Å². The number of carboxylic acid groups (broad SMARTS) is 1. The van der Waals surface area contributed by atoms with Gasteiger partial charge in [-0.05, 0) is 41.7 Å². The van der Waals surface area contributed by atoms with Gasteiger partial charge < -0.3 is 9.67 Å². The molecule has 2 aromatic heterocycles. The number of fused-ring (bicyclic) bond motifs is 2. The average molecular weight is 460 g/mol. The Morgan fingerprint density at radius 2 is 1.79 bits per heavy atom. The summed E-state index contributed by atoms with van der Waals surface area (Å²) in [5, 5.41) is 10.5. The highest BCUT2D eigenvalue weighted by atomic mass is 16.4. The van der Waals surface area contributed by atoms with Crippen LogP contribution in [0, 0.1) is 5.92 Å². The van der Waals surface area contributed by atoms with E-state index in [-0.39, 0.29) is 19.5 Å². The van der Waals surface area contributed by atoms with Gasteiger partial charge in [-0.3, -0.25) is 18.7 Å². The van der Waals surface area contributed by atoms with Crippen LogP contribution in [0.5, 0.6) is 0 Å². The molecule has 0 spiro atoms. The average Bonchev–Trinajstić information content (AvgIpc) is 3.11. The summed E-state index contributed by atoms with van der Waals surface area (Å²) < 4.78 is 4.63. The van der Waals surface area contributed by atoms with Crippen LogP contribution in [-0.2, 0) is 24.9 Å². The molecule has 0 aliphatic heterocycles.